The van der Waals surface area contributed by atoms with E-state index in [9.17, 15) is 0 Å². The summed E-state index contributed by atoms with van der Waals surface area (Å²) in [5.41, 5.74) is 2.77. The molecule has 0 radical (unpaired) electrons. The summed E-state index contributed by atoms with van der Waals surface area (Å²) in [5, 5.41) is 1.03. The Hall–Kier alpha value is -1.88. The van der Waals surface area contributed by atoms with Gasteiger partial charge in [0, 0.05) is 15.6 Å². The van der Waals surface area contributed by atoms with Crippen molar-refractivity contribution < 1.29 is 9.15 Å². The number of benzene rings is 1. The maximum atomic E-state index is 5.51. The fraction of sp³-hybridized carbons (Fsp3) is 0.333. The number of aryl methyl sites for hydroxylation is 1. The predicted octanol–water partition coefficient (Wildman–Crippen LogP) is 5.25. The van der Waals surface area contributed by atoms with Gasteiger partial charge in [-0.15, -0.1) is 0 Å². The lowest BCUT2D eigenvalue weighted by Crippen LogP contribution is -1.98. The van der Waals surface area contributed by atoms with E-state index in [0.29, 0.717) is 11.7 Å². The van der Waals surface area contributed by atoms with Gasteiger partial charge in [0.1, 0.15) is 5.75 Å². The zero-order valence-electron chi connectivity index (χ0n) is 13.5. The topological polar surface area (TPSA) is 48.2 Å². The van der Waals surface area contributed by atoms with E-state index in [1.165, 1.54) is 6.39 Å². The van der Waals surface area contributed by atoms with Crippen LogP contribution in [0.25, 0.3) is 22.2 Å². The van der Waals surface area contributed by atoms with E-state index < -0.39 is 0 Å². The molecule has 0 aliphatic rings. The van der Waals surface area contributed by atoms with Crippen LogP contribution in [0, 0.1) is 5.92 Å². The zero-order chi connectivity index (χ0) is 16.4. The minimum Gasteiger partial charge on any atom is -0.496 e. The number of halogens is 1. The van der Waals surface area contributed by atoms with E-state index in [-0.39, 0.29) is 0 Å². The first-order valence-corrected chi connectivity index (χ1v) is 8.44. The number of oxazole rings is 1. The number of pyridine rings is 1. The smallest absolute Gasteiger partial charge is 0.181 e. The number of nitrogens with zero attached hydrogens (tertiary/aromatic N) is 2. The summed E-state index contributed by atoms with van der Waals surface area (Å²) in [7, 11) is 1.65. The normalized spacial score (nSPS) is 11.3. The van der Waals surface area contributed by atoms with Crippen molar-refractivity contribution in [3.05, 3.63) is 41.0 Å². The van der Waals surface area contributed by atoms with Gasteiger partial charge in [-0.05, 0) is 37.0 Å². The number of ether oxygens (including phenoxy) is 1. The summed E-state index contributed by atoms with van der Waals surface area (Å²) in [4.78, 5) is 8.90. The monoisotopic (exact) mass is 374 g/mol. The lowest BCUT2D eigenvalue weighted by atomic mass is 10.0. The Morgan fingerprint density at radius 3 is 2.78 bits per heavy atom. The number of fused-ring (bicyclic) bond motifs is 1. The van der Waals surface area contributed by atoms with Crippen LogP contribution in [-0.2, 0) is 6.42 Å². The molecule has 23 heavy (non-hydrogen) atoms. The molecule has 0 aliphatic carbocycles. The fourth-order valence-corrected chi connectivity index (χ4v) is 3.18. The number of hydrogen-bond acceptors (Lipinski definition) is 4. The van der Waals surface area contributed by atoms with Crippen LogP contribution in [0.1, 0.15) is 26.0 Å². The lowest BCUT2D eigenvalue weighted by Gasteiger charge is -2.12. The average molecular weight is 375 g/mol. The van der Waals surface area contributed by atoms with E-state index in [0.717, 1.165) is 45.2 Å². The molecule has 0 aliphatic heterocycles. The molecule has 3 rings (SSSR count). The van der Waals surface area contributed by atoms with Gasteiger partial charge in [0.05, 0.1) is 24.4 Å². The van der Waals surface area contributed by atoms with Crippen LogP contribution in [-0.4, -0.2) is 17.1 Å². The summed E-state index contributed by atoms with van der Waals surface area (Å²) in [5.74, 6) is 2.04. The SMILES string of the molecule is COc1ccc2c(Br)cc(CCC(C)C)nc2c1-c1cnco1. The molecule has 2 heterocycles. The van der Waals surface area contributed by atoms with Gasteiger partial charge in [0.2, 0.25) is 0 Å². The Morgan fingerprint density at radius 2 is 2.13 bits per heavy atom. The molecule has 0 spiro atoms. The van der Waals surface area contributed by atoms with Gasteiger partial charge in [-0.25, -0.2) is 4.98 Å². The van der Waals surface area contributed by atoms with Crippen LogP contribution in [0.15, 0.2) is 39.7 Å². The highest BCUT2D eigenvalue weighted by atomic mass is 79.9. The third-order valence-corrected chi connectivity index (χ3v) is 4.48. The Kier molecular flexibility index (Phi) is 4.66. The molecule has 0 N–H and O–H groups in total. The van der Waals surface area contributed by atoms with Crippen LogP contribution in [0.4, 0.5) is 0 Å². The fourth-order valence-electron chi connectivity index (χ4n) is 2.59. The van der Waals surface area contributed by atoms with Crippen molar-refractivity contribution in [2.24, 2.45) is 5.92 Å². The van der Waals surface area contributed by atoms with Gasteiger partial charge in [-0.3, -0.25) is 4.98 Å². The molecule has 120 valence electrons. The van der Waals surface area contributed by atoms with Crippen LogP contribution < -0.4 is 4.74 Å². The molecular formula is C18H19BrN2O2. The van der Waals surface area contributed by atoms with E-state index in [1.807, 2.05) is 12.1 Å². The number of rotatable bonds is 5. The molecule has 3 aromatic rings. The molecule has 0 saturated heterocycles. The maximum absolute atomic E-state index is 5.51. The minimum atomic E-state index is 0.644. The van der Waals surface area contributed by atoms with Crippen LogP contribution >= 0.6 is 15.9 Å². The highest BCUT2D eigenvalue weighted by molar-refractivity contribution is 9.10. The van der Waals surface area contributed by atoms with E-state index in [1.54, 1.807) is 13.3 Å². The molecule has 0 atom stereocenters. The molecule has 2 aromatic heterocycles. The highest BCUT2D eigenvalue weighted by Gasteiger charge is 2.17. The minimum absolute atomic E-state index is 0.644. The quantitative estimate of drug-likeness (QED) is 0.611. The Balaban J connectivity index is 2.21. The summed E-state index contributed by atoms with van der Waals surface area (Å²) in [6, 6.07) is 6.04. The van der Waals surface area contributed by atoms with Crippen LogP contribution in [0.5, 0.6) is 5.75 Å². The third kappa shape index (κ3) is 3.24. The van der Waals surface area contributed by atoms with Crippen LogP contribution in [0.3, 0.4) is 0 Å². The van der Waals surface area contributed by atoms with Crippen molar-refractivity contribution in [3.63, 3.8) is 0 Å². The molecule has 0 bridgehead atoms. The standard InChI is InChI=1S/C18H19BrN2O2/c1-11(2)4-5-12-8-14(19)13-6-7-15(22-3)17(18(13)21-12)16-9-20-10-23-16/h6-11H,4-5H2,1-3H3. The van der Waals surface area contributed by atoms with E-state index in [4.69, 9.17) is 14.1 Å². The Morgan fingerprint density at radius 1 is 1.30 bits per heavy atom. The Bertz CT molecular complexity index is 813. The second-order valence-electron chi connectivity index (χ2n) is 5.93. The first-order chi connectivity index (χ1) is 11.1. The van der Waals surface area contributed by atoms with Gasteiger partial charge in [0.25, 0.3) is 0 Å². The van der Waals surface area contributed by atoms with Crippen molar-refractivity contribution in [2.45, 2.75) is 26.7 Å². The zero-order valence-corrected chi connectivity index (χ0v) is 15.1. The van der Waals surface area contributed by atoms with Crippen LogP contribution in [0.2, 0.25) is 0 Å². The Labute approximate surface area is 144 Å². The molecule has 0 fully saturated rings. The van der Waals surface area contributed by atoms with Crippen molar-refractivity contribution in [1.82, 2.24) is 9.97 Å². The van der Waals surface area contributed by atoms with Gasteiger partial charge in [-0.1, -0.05) is 29.8 Å². The molecule has 4 nitrogen and oxygen atoms in total. The molecule has 1 aromatic carbocycles. The second kappa shape index (κ2) is 6.71. The van der Waals surface area contributed by atoms with Crippen molar-refractivity contribution in [2.75, 3.05) is 7.11 Å². The van der Waals surface area contributed by atoms with E-state index >= 15 is 0 Å². The molecule has 0 unspecified atom stereocenters. The van der Waals surface area contributed by atoms with Crippen molar-refractivity contribution in [1.29, 1.82) is 0 Å². The summed E-state index contributed by atoms with van der Waals surface area (Å²) >= 11 is 3.67. The van der Waals surface area contributed by atoms with E-state index in [2.05, 4.69) is 40.8 Å². The van der Waals surface area contributed by atoms with Gasteiger partial charge >= 0.3 is 0 Å². The van der Waals surface area contributed by atoms with Gasteiger partial charge in [0.15, 0.2) is 12.2 Å². The number of methoxy groups -OCH3 is 1. The number of hydrogen-bond donors (Lipinski definition) is 0. The van der Waals surface area contributed by atoms with Crippen molar-refractivity contribution >= 4 is 26.8 Å². The molecular weight excluding hydrogens is 356 g/mol. The summed E-state index contributed by atoms with van der Waals surface area (Å²) in [6.07, 6.45) is 5.16. The molecule has 5 heteroatoms. The lowest BCUT2D eigenvalue weighted by molar-refractivity contribution is 0.415. The molecule has 0 amide bonds. The first kappa shape index (κ1) is 16.0. The van der Waals surface area contributed by atoms with Crippen molar-refractivity contribution in [3.8, 4) is 17.1 Å². The third-order valence-electron chi connectivity index (χ3n) is 3.82. The summed E-state index contributed by atoms with van der Waals surface area (Å²) in [6.45, 7) is 4.44. The maximum Gasteiger partial charge on any atom is 0.181 e. The van der Waals surface area contributed by atoms with Gasteiger partial charge in [-0.2, -0.15) is 0 Å². The predicted molar refractivity (Wildman–Crippen MR) is 94.7 cm³/mol. The largest absolute Gasteiger partial charge is 0.496 e. The highest BCUT2D eigenvalue weighted by Crippen LogP contribution is 2.38. The van der Waals surface area contributed by atoms with Gasteiger partial charge < -0.3 is 9.15 Å². The first-order valence-electron chi connectivity index (χ1n) is 7.65. The second-order valence-corrected chi connectivity index (χ2v) is 6.79. The average Bonchev–Trinajstić information content (AvgIpc) is 3.05. The number of aromatic nitrogens is 2. The molecule has 0 saturated carbocycles. The summed E-state index contributed by atoms with van der Waals surface area (Å²) < 4.78 is 12.0.